The van der Waals surface area contributed by atoms with Gasteiger partial charge < -0.3 is 10.1 Å². The highest BCUT2D eigenvalue weighted by Gasteiger charge is 2.09. The summed E-state index contributed by atoms with van der Waals surface area (Å²) in [5.41, 5.74) is 3.93. The molecule has 0 saturated heterocycles. The van der Waals surface area contributed by atoms with E-state index in [0.717, 1.165) is 18.8 Å². The molecule has 2 N–H and O–H groups in total. The van der Waals surface area contributed by atoms with Gasteiger partial charge in [-0.2, -0.15) is 0 Å². The molecule has 0 amide bonds. The normalized spacial score (nSPS) is 10.8. The summed E-state index contributed by atoms with van der Waals surface area (Å²) in [6.07, 6.45) is 0. The van der Waals surface area contributed by atoms with Crippen molar-refractivity contribution in [2.75, 3.05) is 7.11 Å². The highest BCUT2D eigenvalue weighted by molar-refractivity contribution is 5.87. The third-order valence-corrected chi connectivity index (χ3v) is 4.07. The molecule has 22 heavy (non-hydrogen) atoms. The summed E-state index contributed by atoms with van der Waals surface area (Å²) in [5, 5.41) is 4.87. The highest BCUT2D eigenvalue weighted by Crippen LogP contribution is 2.27. The van der Waals surface area contributed by atoms with E-state index in [1.165, 1.54) is 27.5 Å². The van der Waals surface area contributed by atoms with Crippen LogP contribution in [0.25, 0.3) is 10.8 Å². The molecule has 3 aromatic rings. The average molecular weight is 292 g/mol. The maximum atomic E-state index is 5.55. The number of fused-ring (bicyclic) bond motifs is 1. The summed E-state index contributed by atoms with van der Waals surface area (Å²) in [6.45, 7) is 4.01. The lowest BCUT2D eigenvalue weighted by Gasteiger charge is -2.11. The molecule has 2 heteroatoms. The van der Waals surface area contributed by atoms with Crippen molar-refractivity contribution in [3.63, 3.8) is 0 Å². The first-order chi connectivity index (χ1) is 10.8. The zero-order chi connectivity index (χ0) is 15.4. The van der Waals surface area contributed by atoms with Crippen molar-refractivity contribution in [1.82, 2.24) is 0 Å². The third kappa shape index (κ3) is 3.12. The molecular weight excluding hydrogens is 270 g/mol. The molecule has 0 aliphatic rings. The summed E-state index contributed by atoms with van der Waals surface area (Å²) in [5.74, 6) is 0.971. The predicted molar refractivity (Wildman–Crippen MR) is 91.0 cm³/mol. The number of aryl methyl sites for hydroxylation is 1. The Morgan fingerprint density at radius 3 is 2.41 bits per heavy atom. The fourth-order valence-electron chi connectivity index (χ4n) is 2.83. The number of rotatable bonds is 5. The van der Waals surface area contributed by atoms with Crippen LogP contribution in [-0.4, -0.2) is 7.11 Å². The molecule has 112 valence electrons. The molecule has 0 saturated carbocycles. The van der Waals surface area contributed by atoms with Gasteiger partial charge in [0.2, 0.25) is 0 Å². The van der Waals surface area contributed by atoms with Crippen LogP contribution in [0, 0.1) is 6.92 Å². The van der Waals surface area contributed by atoms with Gasteiger partial charge in [-0.25, -0.2) is 0 Å². The molecule has 0 aromatic heterocycles. The topological polar surface area (TPSA) is 25.8 Å². The van der Waals surface area contributed by atoms with E-state index >= 15 is 0 Å². The average Bonchev–Trinajstić information content (AvgIpc) is 2.56. The number of hydrogen-bond acceptors (Lipinski definition) is 1. The van der Waals surface area contributed by atoms with Gasteiger partial charge in [0.1, 0.15) is 18.8 Å². The predicted octanol–water partition coefficient (Wildman–Crippen LogP) is 3.42. The summed E-state index contributed by atoms with van der Waals surface area (Å²) in [4.78, 5) is 0. The van der Waals surface area contributed by atoms with Crippen LogP contribution in [0.2, 0.25) is 0 Å². The number of nitrogens with two attached hydrogens (primary N) is 1. The van der Waals surface area contributed by atoms with Gasteiger partial charge in [-0.1, -0.05) is 60.2 Å². The second-order valence-electron chi connectivity index (χ2n) is 5.65. The van der Waals surface area contributed by atoms with E-state index in [4.69, 9.17) is 4.74 Å². The Bertz CT molecular complexity index is 762. The summed E-state index contributed by atoms with van der Waals surface area (Å²) >= 11 is 0. The smallest absolute Gasteiger partial charge is 0.128 e. The Morgan fingerprint density at radius 2 is 1.64 bits per heavy atom. The van der Waals surface area contributed by atoms with Crippen molar-refractivity contribution in [3.8, 4) is 5.75 Å². The van der Waals surface area contributed by atoms with Crippen LogP contribution >= 0.6 is 0 Å². The first kappa shape index (κ1) is 14.6. The highest BCUT2D eigenvalue weighted by atomic mass is 16.5. The Hall–Kier alpha value is -2.32. The lowest BCUT2D eigenvalue weighted by molar-refractivity contribution is -0.686. The van der Waals surface area contributed by atoms with Gasteiger partial charge in [-0.15, -0.1) is 0 Å². The monoisotopic (exact) mass is 292 g/mol. The van der Waals surface area contributed by atoms with Crippen molar-refractivity contribution in [2.24, 2.45) is 0 Å². The lowest BCUT2D eigenvalue weighted by atomic mass is 10.0. The molecule has 0 radical (unpaired) electrons. The van der Waals surface area contributed by atoms with Crippen molar-refractivity contribution in [3.05, 3.63) is 77.4 Å². The maximum Gasteiger partial charge on any atom is 0.128 e. The van der Waals surface area contributed by atoms with Crippen molar-refractivity contribution >= 4 is 10.8 Å². The first-order valence-electron chi connectivity index (χ1n) is 7.70. The van der Waals surface area contributed by atoms with Crippen LogP contribution in [0.5, 0.6) is 5.75 Å². The first-order valence-corrected chi connectivity index (χ1v) is 7.70. The molecule has 0 bridgehead atoms. The number of benzene rings is 3. The van der Waals surface area contributed by atoms with E-state index in [-0.39, 0.29) is 0 Å². The molecule has 0 heterocycles. The zero-order valence-corrected chi connectivity index (χ0v) is 13.2. The van der Waals surface area contributed by atoms with Gasteiger partial charge in [0, 0.05) is 5.56 Å². The Labute approximate surface area is 131 Å². The molecule has 0 fully saturated rings. The van der Waals surface area contributed by atoms with E-state index in [9.17, 15) is 0 Å². The molecule has 2 nitrogen and oxygen atoms in total. The van der Waals surface area contributed by atoms with Gasteiger partial charge in [0.05, 0.1) is 12.7 Å². The molecule has 0 spiro atoms. The van der Waals surface area contributed by atoms with Crippen LogP contribution in [0.4, 0.5) is 0 Å². The Balaban J connectivity index is 1.79. The van der Waals surface area contributed by atoms with Crippen LogP contribution < -0.4 is 10.1 Å². The van der Waals surface area contributed by atoms with E-state index in [1.54, 1.807) is 7.11 Å². The van der Waals surface area contributed by atoms with E-state index in [0.29, 0.717) is 0 Å². The maximum absolute atomic E-state index is 5.55. The van der Waals surface area contributed by atoms with Gasteiger partial charge in [-0.05, 0) is 23.8 Å². The molecule has 0 aliphatic heterocycles. The molecule has 0 atom stereocenters. The number of hydrogen-bond donors (Lipinski definition) is 1. The van der Waals surface area contributed by atoms with Crippen molar-refractivity contribution < 1.29 is 10.1 Å². The van der Waals surface area contributed by atoms with E-state index < -0.39 is 0 Å². The standard InChI is InChI=1S/C20H21NO/c1-15-7-9-16(10-8-15)13-21-14-19-18-6-4-3-5-17(18)11-12-20(19)22-2/h3-12,21H,13-14H2,1-2H3/p+1. The second kappa shape index (κ2) is 6.63. The number of ether oxygens (including phenoxy) is 1. The zero-order valence-electron chi connectivity index (χ0n) is 13.2. The molecular formula is C20H22NO+. The molecule has 0 unspecified atom stereocenters. The fraction of sp³-hybridized carbons (Fsp3) is 0.200. The van der Waals surface area contributed by atoms with Gasteiger partial charge in [0.25, 0.3) is 0 Å². The molecule has 3 rings (SSSR count). The Kier molecular flexibility index (Phi) is 4.40. The van der Waals surface area contributed by atoms with Crippen molar-refractivity contribution in [1.29, 1.82) is 0 Å². The van der Waals surface area contributed by atoms with Crippen LogP contribution in [-0.2, 0) is 13.1 Å². The van der Waals surface area contributed by atoms with Crippen LogP contribution in [0.1, 0.15) is 16.7 Å². The molecule has 0 aliphatic carbocycles. The second-order valence-corrected chi connectivity index (χ2v) is 5.65. The summed E-state index contributed by atoms with van der Waals surface area (Å²) in [7, 11) is 1.74. The minimum absolute atomic E-state index is 0.915. The number of quaternary nitrogens is 1. The SMILES string of the molecule is COc1ccc2ccccc2c1C[NH2+]Cc1ccc(C)cc1. The quantitative estimate of drug-likeness (QED) is 0.766. The lowest BCUT2D eigenvalue weighted by Crippen LogP contribution is -2.80. The van der Waals surface area contributed by atoms with Crippen LogP contribution in [0.3, 0.4) is 0 Å². The summed E-state index contributed by atoms with van der Waals surface area (Å²) < 4.78 is 5.55. The Morgan fingerprint density at radius 1 is 0.864 bits per heavy atom. The summed E-state index contributed by atoms with van der Waals surface area (Å²) in [6, 6.07) is 21.4. The number of methoxy groups -OCH3 is 1. The third-order valence-electron chi connectivity index (χ3n) is 4.07. The van der Waals surface area contributed by atoms with Gasteiger partial charge >= 0.3 is 0 Å². The van der Waals surface area contributed by atoms with Gasteiger partial charge in [0.15, 0.2) is 0 Å². The van der Waals surface area contributed by atoms with Crippen LogP contribution in [0.15, 0.2) is 60.7 Å². The fourth-order valence-corrected chi connectivity index (χ4v) is 2.83. The van der Waals surface area contributed by atoms with Gasteiger partial charge in [-0.3, -0.25) is 0 Å². The molecule has 3 aromatic carbocycles. The van der Waals surface area contributed by atoms with E-state index in [1.807, 2.05) is 0 Å². The largest absolute Gasteiger partial charge is 0.496 e. The van der Waals surface area contributed by atoms with E-state index in [2.05, 4.69) is 72.9 Å². The minimum atomic E-state index is 0.915. The minimum Gasteiger partial charge on any atom is -0.496 e. The van der Waals surface area contributed by atoms with Crippen molar-refractivity contribution in [2.45, 2.75) is 20.0 Å².